The van der Waals surface area contributed by atoms with Crippen LogP contribution in [0.2, 0.25) is 0 Å². The Morgan fingerprint density at radius 3 is 2.34 bits per heavy atom. The Morgan fingerprint density at radius 1 is 0.931 bits per heavy atom. The monoisotopic (exact) mass is 386 g/mol. The van der Waals surface area contributed by atoms with Crippen LogP contribution in [-0.2, 0) is 18.3 Å². The molecule has 0 unspecified atom stereocenters. The van der Waals surface area contributed by atoms with Gasteiger partial charge in [0.25, 0.3) is 0 Å². The number of carbonyl (C=O) groups excluding carboxylic acids is 2. The number of benzene rings is 2. The highest BCUT2D eigenvalue weighted by atomic mass is 16.5. The number of hydrogen-bond donors (Lipinski definition) is 0. The molecule has 5 heteroatoms. The van der Waals surface area contributed by atoms with Crippen molar-refractivity contribution >= 4 is 22.7 Å². The molecule has 0 radical (unpaired) electrons. The fraction of sp³-hybridized carbons (Fsp3) is 0.167. The number of carbonyl (C=O) groups is 2. The first-order valence-corrected chi connectivity index (χ1v) is 9.60. The summed E-state index contributed by atoms with van der Waals surface area (Å²) in [6.07, 6.45) is 1.76. The first-order valence-electron chi connectivity index (χ1n) is 9.60. The number of rotatable bonds is 6. The van der Waals surface area contributed by atoms with Crippen LogP contribution in [0.4, 0.5) is 0 Å². The molecule has 146 valence electrons. The Labute approximate surface area is 169 Å². The fourth-order valence-corrected chi connectivity index (χ4v) is 3.76. The lowest BCUT2D eigenvalue weighted by atomic mass is 10.0. The number of aromatic nitrogens is 2. The molecule has 4 aromatic rings. The van der Waals surface area contributed by atoms with Crippen LogP contribution in [0, 0.1) is 0 Å². The van der Waals surface area contributed by atoms with Crippen molar-refractivity contribution in [2.45, 2.75) is 13.5 Å². The number of esters is 1. The van der Waals surface area contributed by atoms with E-state index in [1.807, 2.05) is 54.6 Å². The van der Waals surface area contributed by atoms with Crippen LogP contribution in [-0.4, -0.2) is 27.5 Å². The van der Waals surface area contributed by atoms with E-state index in [1.54, 1.807) is 29.9 Å². The van der Waals surface area contributed by atoms with Crippen molar-refractivity contribution < 1.29 is 14.3 Å². The predicted octanol–water partition coefficient (Wildman–Crippen LogP) is 4.71. The van der Waals surface area contributed by atoms with Gasteiger partial charge in [-0.2, -0.15) is 0 Å². The van der Waals surface area contributed by atoms with Gasteiger partial charge in [-0.15, -0.1) is 0 Å². The van der Waals surface area contributed by atoms with Crippen molar-refractivity contribution in [3.8, 4) is 11.3 Å². The average molecular weight is 386 g/mol. The van der Waals surface area contributed by atoms with E-state index in [2.05, 4.69) is 11.5 Å². The van der Waals surface area contributed by atoms with Crippen LogP contribution in [0.3, 0.4) is 0 Å². The third-order valence-corrected chi connectivity index (χ3v) is 5.10. The van der Waals surface area contributed by atoms with E-state index < -0.39 is 5.97 Å². The smallest absolute Gasteiger partial charge is 0.355 e. The van der Waals surface area contributed by atoms with Gasteiger partial charge in [0.05, 0.1) is 11.3 Å². The minimum Gasteiger partial charge on any atom is -0.453 e. The first-order chi connectivity index (χ1) is 14.1. The second kappa shape index (κ2) is 7.80. The molecule has 0 N–H and O–H groups in total. The number of nitrogens with zero attached hydrogens (tertiary/aromatic N) is 2. The zero-order valence-electron chi connectivity index (χ0n) is 16.5. The molecule has 0 spiro atoms. The maximum absolute atomic E-state index is 13.2. The van der Waals surface area contributed by atoms with Crippen LogP contribution < -0.4 is 0 Å². The second-order valence-electron chi connectivity index (χ2n) is 6.85. The number of hydrogen-bond acceptors (Lipinski definition) is 3. The summed E-state index contributed by atoms with van der Waals surface area (Å²) in [6, 6.07) is 21.1. The summed E-state index contributed by atoms with van der Waals surface area (Å²) < 4.78 is 9.16. The van der Waals surface area contributed by atoms with Crippen molar-refractivity contribution in [2.24, 2.45) is 7.05 Å². The lowest BCUT2D eigenvalue weighted by molar-refractivity contribution is 0.0466. The third-order valence-electron chi connectivity index (χ3n) is 5.10. The van der Waals surface area contributed by atoms with Gasteiger partial charge < -0.3 is 13.9 Å². The van der Waals surface area contributed by atoms with Crippen molar-refractivity contribution in [1.82, 2.24) is 9.13 Å². The standard InChI is InChI=1S/C24H22N2O3/c1-3-26-19-13-8-7-12-18(19)22(23(26)17-10-5-4-6-11-17)21(27)16-29-24(28)20-14-9-15-25(20)2/h4-15H,3,16H2,1-2H3. The molecule has 0 aliphatic rings. The van der Waals surface area contributed by atoms with E-state index >= 15 is 0 Å². The van der Waals surface area contributed by atoms with E-state index in [0.717, 1.165) is 28.7 Å². The summed E-state index contributed by atoms with van der Waals surface area (Å²) in [5, 5.41) is 0.869. The number of ether oxygens (including phenoxy) is 1. The Balaban J connectivity index is 1.75. The Kier molecular flexibility index (Phi) is 5.04. The molecule has 2 aromatic carbocycles. The first kappa shape index (κ1) is 18.7. The van der Waals surface area contributed by atoms with Gasteiger partial charge in [0, 0.05) is 30.7 Å². The Hall–Kier alpha value is -3.60. The molecule has 0 saturated carbocycles. The fourth-order valence-electron chi connectivity index (χ4n) is 3.76. The van der Waals surface area contributed by atoms with Crippen molar-refractivity contribution in [3.63, 3.8) is 0 Å². The van der Waals surface area contributed by atoms with E-state index in [1.165, 1.54) is 0 Å². The summed E-state index contributed by atoms with van der Waals surface area (Å²) in [4.78, 5) is 25.6. The largest absolute Gasteiger partial charge is 0.453 e. The highest BCUT2D eigenvalue weighted by Gasteiger charge is 2.24. The molecule has 0 amide bonds. The minimum absolute atomic E-state index is 0.213. The molecule has 0 atom stereocenters. The minimum atomic E-state index is -0.508. The SMILES string of the molecule is CCn1c(-c2ccccc2)c(C(=O)COC(=O)c2cccn2C)c2ccccc21. The molecular formula is C24H22N2O3. The van der Waals surface area contributed by atoms with E-state index in [0.29, 0.717) is 11.3 Å². The number of para-hydroxylation sites is 1. The second-order valence-corrected chi connectivity index (χ2v) is 6.85. The van der Waals surface area contributed by atoms with E-state index in [4.69, 9.17) is 4.74 Å². The maximum Gasteiger partial charge on any atom is 0.355 e. The summed E-state index contributed by atoms with van der Waals surface area (Å²) in [5.74, 6) is -0.721. The Bertz CT molecular complexity index is 1190. The summed E-state index contributed by atoms with van der Waals surface area (Å²) in [5.41, 5.74) is 3.81. The average Bonchev–Trinajstić information content (AvgIpc) is 3.33. The number of Topliss-reactive ketones (excluding diaryl/α,β-unsaturated/α-hetero) is 1. The van der Waals surface area contributed by atoms with E-state index in [9.17, 15) is 9.59 Å². The van der Waals surface area contributed by atoms with Crippen LogP contribution in [0.25, 0.3) is 22.2 Å². The van der Waals surface area contributed by atoms with Gasteiger partial charge in [0.15, 0.2) is 6.61 Å². The zero-order valence-corrected chi connectivity index (χ0v) is 16.5. The molecule has 5 nitrogen and oxygen atoms in total. The van der Waals surface area contributed by atoms with Gasteiger partial charge in [-0.1, -0.05) is 48.5 Å². The highest BCUT2D eigenvalue weighted by molar-refractivity contribution is 6.14. The van der Waals surface area contributed by atoms with Crippen molar-refractivity contribution in [1.29, 1.82) is 0 Å². The summed E-state index contributed by atoms with van der Waals surface area (Å²) in [7, 11) is 1.76. The van der Waals surface area contributed by atoms with Gasteiger partial charge in [-0.25, -0.2) is 4.79 Å². The molecule has 2 heterocycles. The summed E-state index contributed by atoms with van der Waals surface area (Å²) >= 11 is 0. The Morgan fingerprint density at radius 2 is 1.66 bits per heavy atom. The summed E-state index contributed by atoms with van der Waals surface area (Å²) in [6.45, 7) is 2.48. The van der Waals surface area contributed by atoms with Crippen LogP contribution in [0.5, 0.6) is 0 Å². The highest BCUT2D eigenvalue weighted by Crippen LogP contribution is 2.34. The molecule has 2 aromatic heterocycles. The van der Waals surface area contributed by atoms with Crippen molar-refractivity contribution in [3.05, 3.63) is 84.2 Å². The van der Waals surface area contributed by atoms with Gasteiger partial charge in [0.1, 0.15) is 5.69 Å². The molecule has 0 saturated heterocycles. The van der Waals surface area contributed by atoms with Crippen LogP contribution in [0.15, 0.2) is 72.9 Å². The van der Waals surface area contributed by atoms with Crippen molar-refractivity contribution in [2.75, 3.05) is 6.61 Å². The van der Waals surface area contributed by atoms with Crippen LogP contribution in [0.1, 0.15) is 27.8 Å². The maximum atomic E-state index is 13.2. The number of ketones is 1. The molecule has 0 aliphatic heterocycles. The molecule has 29 heavy (non-hydrogen) atoms. The number of fused-ring (bicyclic) bond motifs is 1. The van der Waals surface area contributed by atoms with Gasteiger partial charge in [-0.3, -0.25) is 4.79 Å². The molecular weight excluding hydrogens is 364 g/mol. The predicted molar refractivity (Wildman–Crippen MR) is 113 cm³/mol. The molecule has 0 bridgehead atoms. The van der Waals surface area contributed by atoms with Gasteiger partial charge in [-0.05, 0) is 30.7 Å². The van der Waals surface area contributed by atoms with Crippen LogP contribution >= 0.6 is 0 Å². The molecule has 0 fully saturated rings. The zero-order chi connectivity index (χ0) is 20.4. The lowest BCUT2D eigenvalue weighted by Gasteiger charge is -2.11. The molecule has 4 rings (SSSR count). The van der Waals surface area contributed by atoms with E-state index in [-0.39, 0.29) is 12.4 Å². The number of aryl methyl sites for hydroxylation is 2. The quantitative estimate of drug-likeness (QED) is 0.356. The van der Waals surface area contributed by atoms with Gasteiger partial charge in [0.2, 0.25) is 5.78 Å². The lowest BCUT2D eigenvalue weighted by Crippen LogP contribution is -2.17. The third kappa shape index (κ3) is 3.36. The molecule has 0 aliphatic carbocycles. The normalized spacial score (nSPS) is 11.0. The van der Waals surface area contributed by atoms with Gasteiger partial charge >= 0.3 is 5.97 Å². The topological polar surface area (TPSA) is 53.2 Å².